The highest BCUT2D eigenvalue weighted by molar-refractivity contribution is 6.00. The molecule has 0 spiro atoms. The number of fused-ring (bicyclic) bond motifs is 1. The van der Waals surface area contributed by atoms with Crippen LogP contribution in [0.15, 0.2) is 72.8 Å². The van der Waals surface area contributed by atoms with E-state index >= 15 is 0 Å². The molecule has 2 amide bonds. The molecule has 0 aromatic heterocycles. The normalized spacial score (nSPS) is 12.3. The highest BCUT2D eigenvalue weighted by Crippen LogP contribution is 2.34. The second-order valence-electron chi connectivity index (χ2n) is 8.31. The average Bonchev–Trinajstić information content (AvgIpc) is 3.27. The highest BCUT2D eigenvalue weighted by atomic mass is 19.1. The van der Waals surface area contributed by atoms with Crippen LogP contribution in [-0.4, -0.2) is 29.0 Å². The van der Waals surface area contributed by atoms with Crippen LogP contribution in [0.1, 0.15) is 25.0 Å². The molecule has 3 aromatic carbocycles. The van der Waals surface area contributed by atoms with Crippen molar-refractivity contribution >= 4 is 17.5 Å². The lowest BCUT2D eigenvalue weighted by Gasteiger charge is -2.37. The van der Waals surface area contributed by atoms with Crippen LogP contribution in [0.2, 0.25) is 0 Å². The van der Waals surface area contributed by atoms with Gasteiger partial charge in [0, 0.05) is 23.9 Å². The summed E-state index contributed by atoms with van der Waals surface area (Å²) in [6, 6.07) is 20.6. The van der Waals surface area contributed by atoms with Crippen molar-refractivity contribution in [2.75, 3.05) is 12.1 Å². The fourth-order valence-corrected chi connectivity index (χ4v) is 3.64. The van der Waals surface area contributed by atoms with E-state index in [9.17, 15) is 14.0 Å². The predicted octanol–water partition coefficient (Wildman–Crippen LogP) is 4.54. The van der Waals surface area contributed by atoms with Crippen LogP contribution in [0, 0.1) is 5.82 Å². The number of nitrogens with one attached hydrogen (secondary N) is 1. The van der Waals surface area contributed by atoms with Crippen molar-refractivity contribution in [1.82, 2.24) is 4.90 Å². The molecular weight excluding hydrogens is 423 g/mol. The molecule has 0 aliphatic carbocycles. The van der Waals surface area contributed by atoms with E-state index in [1.54, 1.807) is 50.2 Å². The summed E-state index contributed by atoms with van der Waals surface area (Å²) >= 11 is 0. The third-order valence-corrected chi connectivity index (χ3v) is 5.65. The van der Waals surface area contributed by atoms with Gasteiger partial charge in [-0.2, -0.15) is 0 Å². The molecule has 4 rings (SSSR count). The quantitative estimate of drug-likeness (QED) is 0.576. The molecular formula is C26H25FN2O4. The smallest absolute Gasteiger partial charge is 0.249 e. The van der Waals surface area contributed by atoms with Gasteiger partial charge in [0.15, 0.2) is 11.5 Å². The number of anilines is 1. The first kappa shape index (κ1) is 22.3. The third-order valence-electron chi connectivity index (χ3n) is 5.65. The van der Waals surface area contributed by atoms with Gasteiger partial charge in [-0.25, -0.2) is 4.39 Å². The Morgan fingerprint density at radius 2 is 1.67 bits per heavy atom. The summed E-state index contributed by atoms with van der Waals surface area (Å²) in [5.41, 5.74) is 0.388. The Morgan fingerprint density at radius 3 is 2.42 bits per heavy atom. The van der Waals surface area contributed by atoms with E-state index in [1.165, 1.54) is 11.0 Å². The zero-order chi connectivity index (χ0) is 23.4. The molecule has 3 aromatic rings. The zero-order valence-corrected chi connectivity index (χ0v) is 18.5. The topological polar surface area (TPSA) is 67.9 Å². The highest BCUT2D eigenvalue weighted by Gasteiger charge is 2.38. The first-order chi connectivity index (χ1) is 15.8. The molecule has 170 valence electrons. The molecule has 0 fully saturated rings. The zero-order valence-electron chi connectivity index (χ0n) is 18.5. The monoisotopic (exact) mass is 448 g/mol. The molecule has 1 N–H and O–H groups in total. The summed E-state index contributed by atoms with van der Waals surface area (Å²) < 4.78 is 25.1. The fourth-order valence-electron chi connectivity index (χ4n) is 3.64. The number of carbonyl (C=O) groups excluding carboxylic acids is 2. The molecule has 0 saturated heterocycles. The van der Waals surface area contributed by atoms with Crippen LogP contribution in [0.4, 0.5) is 10.1 Å². The number of hydrogen-bond donors (Lipinski definition) is 1. The molecule has 0 unspecified atom stereocenters. The van der Waals surface area contributed by atoms with Crippen LogP contribution < -0.4 is 14.8 Å². The van der Waals surface area contributed by atoms with Gasteiger partial charge in [-0.15, -0.1) is 0 Å². The molecule has 6 nitrogen and oxygen atoms in total. The van der Waals surface area contributed by atoms with E-state index in [4.69, 9.17) is 9.47 Å². The summed E-state index contributed by atoms with van der Waals surface area (Å²) in [6.07, 6.45) is 0.0933. The minimum absolute atomic E-state index is 0.0418. The van der Waals surface area contributed by atoms with Crippen molar-refractivity contribution in [2.45, 2.75) is 32.4 Å². The van der Waals surface area contributed by atoms with Gasteiger partial charge in [0.1, 0.15) is 11.4 Å². The number of benzene rings is 3. The van der Waals surface area contributed by atoms with E-state index < -0.39 is 17.3 Å². The molecule has 0 atom stereocenters. The fraction of sp³-hybridized carbons (Fsp3) is 0.231. The maximum absolute atomic E-state index is 14.4. The number of halogens is 1. The molecule has 1 aliphatic rings. The van der Waals surface area contributed by atoms with Gasteiger partial charge in [-0.3, -0.25) is 9.59 Å². The van der Waals surface area contributed by atoms with Crippen LogP contribution in [0.25, 0.3) is 0 Å². The number of carbonyl (C=O) groups is 2. The van der Waals surface area contributed by atoms with Crippen molar-refractivity contribution < 1.29 is 23.5 Å². The summed E-state index contributed by atoms with van der Waals surface area (Å²) in [5.74, 6) is 0.0249. The minimum atomic E-state index is -1.27. The molecule has 0 radical (unpaired) electrons. The number of ether oxygens (including phenoxy) is 2. The lowest BCUT2D eigenvalue weighted by atomic mass is 9.98. The SMILES string of the molecule is CC(C)(C(=O)Nc1ccc2c(c1)OCO2)N(Cc1ccccc1F)C(=O)Cc1ccccc1. The molecule has 0 saturated carbocycles. The standard InChI is InChI=1S/C26H25FN2O4/c1-26(2,25(31)28-20-12-13-22-23(15-20)33-17-32-22)29(16-19-10-6-7-11-21(19)27)24(30)14-18-8-4-3-5-9-18/h3-13,15H,14,16-17H2,1-2H3,(H,28,31). The molecule has 7 heteroatoms. The maximum atomic E-state index is 14.4. The van der Waals surface area contributed by atoms with Gasteiger partial charge >= 0.3 is 0 Å². The van der Waals surface area contributed by atoms with E-state index in [2.05, 4.69) is 5.32 Å². The maximum Gasteiger partial charge on any atom is 0.249 e. The summed E-state index contributed by atoms with van der Waals surface area (Å²) in [6.45, 7) is 3.39. The Hall–Kier alpha value is -3.87. The van der Waals surface area contributed by atoms with Crippen LogP contribution in [-0.2, 0) is 22.6 Å². The second kappa shape index (κ2) is 9.32. The Kier molecular flexibility index (Phi) is 6.31. The minimum Gasteiger partial charge on any atom is -0.454 e. The van der Waals surface area contributed by atoms with Crippen LogP contribution >= 0.6 is 0 Å². The van der Waals surface area contributed by atoms with Crippen LogP contribution in [0.3, 0.4) is 0 Å². The number of rotatable bonds is 7. The lowest BCUT2D eigenvalue weighted by molar-refractivity contribution is -0.144. The predicted molar refractivity (Wildman–Crippen MR) is 122 cm³/mol. The number of amides is 2. The van der Waals surface area contributed by atoms with Crippen molar-refractivity contribution in [3.05, 3.63) is 89.7 Å². The van der Waals surface area contributed by atoms with E-state index in [0.29, 0.717) is 22.7 Å². The summed E-state index contributed by atoms with van der Waals surface area (Å²) in [4.78, 5) is 28.1. The Morgan fingerprint density at radius 1 is 0.970 bits per heavy atom. The van der Waals surface area contributed by atoms with Crippen molar-refractivity contribution in [3.63, 3.8) is 0 Å². The van der Waals surface area contributed by atoms with Gasteiger partial charge < -0.3 is 19.7 Å². The first-order valence-corrected chi connectivity index (χ1v) is 10.6. The molecule has 33 heavy (non-hydrogen) atoms. The Labute approximate surface area is 191 Å². The summed E-state index contributed by atoms with van der Waals surface area (Å²) in [7, 11) is 0. The van der Waals surface area contributed by atoms with Gasteiger partial charge in [0.05, 0.1) is 6.42 Å². The average molecular weight is 448 g/mol. The largest absolute Gasteiger partial charge is 0.454 e. The van der Waals surface area contributed by atoms with Gasteiger partial charge in [-0.1, -0.05) is 48.5 Å². The van der Waals surface area contributed by atoms with E-state index in [0.717, 1.165) is 5.56 Å². The molecule has 0 bridgehead atoms. The van der Waals surface area contributed by atoms with Crippen LogP contribution in [0.5, 0.6) is 11.5 Å². The number of hydrogen-bond acceptors (Lipinski definition) is 4. The Bertz CT molecular complexity index is 1160. The van der Waals surface area contributed by atoms with Crippen molar-refractivity contribution in [3.8, 4) is 11.5 Å². The van der Waals surface area contributed by atoms with E-state index in [1.807, 2.05) is 30.3 Å². The summed E-state index contributed by atoms with van der Waals surface area (Å²) in [5, 5.41) is 2.85. The molecule has 1 heterocycles. The molecule has 1 aliphatic heterocycles. The van der Waals surface area contributed by atoms with Gasteiger partial charge in [0.25, 0.3) is 0 Å². The number of nitrogens with zero attached hydrogens (tertiary/aromatic N) is 1. The van der Waals surface area contributed by atoms with Crippen molar-refractivity contribution in [2.24, 2.45) is 0 Å². The van der Waals surface area contributed by atoms with E-state index in [-0.39, 0.29) is 25.7 Å². The third kappa shape index (κ3) is 4.98. The second-order valence-corrected chi connectivity index (χ2v) is 8.31. The van der Waals surface area contributed by atoms with Crippen molar-refractivity contribution in [1.29, 1.82) is 0 Å². The first-order valence-electron chi connectivity index (χ1n) is 10.6. The van der Waals surface area contributed by atoms with Gasteiger partial charge in [-0.05, 0) is 37.6 Å². The lowest BCUT2D eigenvalue weighted by Crippen LogP contribution is -2.55. The Balaban J connectivity index is 1.59. The van der Waals surface area contributed by atoms with Gasteiger partial charge in [0.2, 0.25) is 18.6 Å².